The van der Waals surface area contributed by atoms with Gasteiger partial charge in [-0.25, -0.2) is 0 Å². The summed E-state index contributed by atoms with van der Waals surface area (Å²) in [6.07, 6.45) is 60.1. The van der Waals surface area contributed by atoms with E-state index in [9.17, 15) is 9.59 Å². The number of carbonyl (C=O) groups is 2. The smallest absolute Gasteiger partial charge is 0.310 e. The van der Waals surface area contributed by atoms with Crippen LogP contribution in [0.3, 0.4) is 0 Å². The zero-order valence-electron chi connectivity index (χ0n) is 35.1. The number of rotatable bonds is 46. The van der Waals surface area contributed by atoms with Gasteiger partial charge in [0.05, 0.1) is 6.26 Å². The Labute approximate surface area is 325 Å². The fourth-order valence-electron chi connectivity index (χ4n) is 7.77. The molecule has 0 radical (unpaired) electrons. The molecule has 0 spiro atoms. The third-order valence-electron chi connectivity index (χ3n) is 11.2. The lowest BCUT2D eigenvalue weighted by Gasteiger charge is -2.05. The largest absolute Gasteiger partial charge is 0.481 e. The maximum atomic E-state index is 11.3. The molecule has 0 fully saturated rings. The molecule has 0 aliphatic carbocycles. The molecule has 0 saturated heterocycles. The molecule has 0 atom stereocenters. The molecule has 0 aliphatic heterocycles. The van der Waals surface area contributed by atoms with Crippen LogP contribution in [0.15, 0.2) is 12.8 Å². The maximum Gasteiger partial charge on any atom is 0.310 e. The van der Waals surface area contributed by atoms with Crippen LogP contribution in [-0.4, -0.2) is 17.0 Å². The van der Waals surface area contributed by atoms with Crippen LogP contribution in [0.25, 0.3) is 0 Å². The number of esters is 1. The Morgan fingerprint density at radius 3 is 0.615 bits per heavy atom. The third kappa shape index (κ3) is 46.7. The van der Waals surface area contributed by atoms with Crippen LogP contribution in [0.1, 0.15) is 283 Å². The van der Waals surface area contributed by atoms with Crippen molar-refractivity contribution in [1.82, 2.24) is 0 Å². The number of ether oxygens (including phenoxy) is 1. The Bertz CT molecular complexity index is 719. The van der Waals surface area contributed by atoms with Crippen molar-refractivity contribution in [3.05, 3.63) is 12.8 Å². The van der Waals surface area contributed by atoms with E-state index in [2.05, 4.69) is 6.58 Å². The zero-order valence-corrected chi connectivity index (χ0v) is 35.1. The standard InChI is InChI=1S/C48H92O4/c1-2-52-48(51)46-44-42-40-38-36-34-32-30-28-26-24-22-20-18-16-14-12-10-8-6-4-3-5-7-9-11-13-15-17-19-21-23-25-27-29-31-33-35-37-39-41-43-45-47(49)50/h2H,1,3-46H2,(H,49,50). The first-order chi connectivity index (χ1) is 25.7. The second-order valence-corrected chi connectivity index (χ2v) is 16.4. The van der Waals surface area contributed by atoms with Gasteiger partial charge >= 0.3 is 11.9 Å². The number of hydrogen-bond donors (Lipinski definition) is 1. The second-order valence-electron chi connectivity index (χ2n) is 16.4. The van der Waals surface area contributed by atoms with Crippen molar-refractivity contribution in [2.75, 3.05) is 0 Å². The lowest BCUT2D eigenvalue weighted by Crippen LogP contribution is -1.98. The van der Waals surface area contributed by atoms with Gasteiger partial charge in [-0.1, -0.05) is 263 Å². The fourth-order valence-corrected chi connectivity index (χ4v) is 7.77. The van der Waals surface area contributed by atoms with Crippen molar-refractivity contribution in [1.29, 1.82) is 0 Å². The van der Waals surface area contributed by atoms with Crippen LogP contribution >= 0.6 is 0 Å². The van der Waals surface area contributed by atoms with Gasteiger partial charge < -0.3 is 9.84 Å². The van der Waals surface area contributed by atoms with Crippen molar-refractivity contribution in [3.8, 4) is 0 Å². The summed E-state index contributed by atoms with van der Waals surface area (Å²) >= 11 is 0. The van der Waals surface area contributed by atoms with Crippen molar-refractivity contribution < 1.29 is 19.4 Å². The first kappa shape index (κ1) is 50.7. The number of hydrogen-bond acceptors (Lipinski definition) is 3. The van der Waals surface area contributed by atoms with E-state index in [4.69, 9.17) is 9.84 Å². The minimum Gasteiger partial charge on any atom is -0.481 e. The summed E-state index contributed by atoms with van der Waals surface area (Å²) in [5, 5.41) is 8.66. The fraction of sp³-hybridized carbons (Fsp3) is 0.917. The minimum absolute atomic E-state index is 0.146. The van der Waals surface area contributed by atoms with Gasteiger partial charge in [-0.3, -0.25) is 9.59 Å². The van der Waals surface area contributed by atoms with Crippen LogP contribution in [0.5, 0.6) is 0 Å². The molecule has 0 aromatic rings. The number of carbonyl (C=O) groups excluding carboxylic acids is 1. The molecule has 0 aromatic heterocycles. The highest BCUT2D eigenvalue weighted by Gasteiger charge is 2.01. The van der Waals surface area contributed by atoms with Gasteiger partial charge in [-0.2, -0.15) is 0 Å². The van der Waals surface area contributed by atoms with E-state index in [0.29, 0.717) is 12.8 Å². The van der Waals surface area contributed by atoms with E-state index in [1.807, 2.05) is 0 Å². The van der Waals surface area contributed by atoms with Gasteiger partial charge in [0, 0.05) is 12.8 Å². The van der Waals surface area contributed by atoms with Gasteiger partial charge in [0.2, 0.25) is 0 Å². The highest BCUT2D eigenvalue weighted by molar-refractivity contribution is 5.69. The molecule has 0 saturated carbocycles. The predicted octanol–water partition coefficient (Wildman–Crippen LogP) is 16.9. The van der Waals surface area contributed by atoms with Crippen molar-refractivity contribution in [2.24, 2.45) is 0 Å². The Balaban J connectivity index is 3.07. The average molecular weight is 733 g/mol. The quantitative estimate of drug-likeness (QED) is 0.0384. The summed E-state index contributed by atoms with van der Waals surface area (Å²) in [5.41, 5.74) is 0. The Hall–Kier alpha value is -1.32. The SMILES string of the molecule is C=COC(=O)CCCCCCCCCCCCCCCCCCCCCCCCCCCCCCCCCCCCCCCCCCCCC(=O)O. The van der Waals surface area contributed by atoms with Crippen LogP contribution < -0.4 is 0 Å². The molecule has 0 aromatic carbocycles. The van der Waals surface area contributed by atoms with Crippen LogP contribution in [0.2, 0.25) is 0 Å². The third-order valence-corrected chi connectivity index (χ3v) is 11.2. The monoisotopic (exact) mass is 733 g/mol. The summed E-state index contributed by atoms with van der Waals surface area (Å²) in [5.74, 6) is -0.796. The molecule has 0 bridgehead atoms. The Kier molecular flexibility index (Phi) is 44.7. The summed E-state index contributed by atoms with van der Waals surface area (Å²) in [6.45, 7) is 3.42. The lowest BCUT2D eigenvalue weighted by molar-refractivity contribution is -0.138. The van der Waals surface area contributed by atoms with Crippen molar-refractivity contribution >= 4 is 11.9 Å². The summed E-state index contributed by atoms with van der Waals surface area (Å²) in [6, 6.07) is 0. The van der Waals surface area contributed by atoms with Crippen molar-refractivity contribution in [2.45, 2.75) is 283 Å². The molecule has 4 nitrogen and oxygen atoms in total. The zero-order chi connectivity index (χ0) is 37.7. The van der Waals surface area contributed by atoms with Gasteiger partial charge in [0.1, 0.15) is 0 Å². The number of carboxylic acids is 1. The van der Waals surface area contributed by atoms with Crippen LogP contribution in [-0.2, 0) is 14.3 Å². The van der Waals surface area contributed by atoms with Crippen LogP contribution in [0.4, 0.5) is 0 Å². The highest BCUT2D eigenvalue weighted by Crippen LogP contribution is 2.18. The first-order valence-corrected chi connectivity index (χ1v) is 23.7. The molecule has 0 amide bonds. The molecule has 0 aliphatic rings. The molecule has 0 rings (SSSR count). The molecular weight excluding hydrogens is 641 g/mol. The molecule has 1 N–H and O–H groups in total. The second kappa shape index (κ2) is 45.8. The maximum absolute atomic E-state index is 11.3. The topological polar surface area (TPSA) is 63.6 Å². The number of aliphatic carboxylic acids is 1. The highest BCUT2D eigenvalue weighted by atomic mass is 16.5. The van der Waals surface area contributed by atoms with E-state index >= 15 is 0 Å². The molecule has 308 valence electrons. The molecule has 4 heteroatoms. The van der Waals surface area contributed by atoms with Crippen LogP contribution in [0, 0.1) is 0 Å². The Morgan fingerprint density at radius 2 is 0.462 bits per heavy atom. The average Bonchev–Trinajstić information content (AvgIpc) is 3.13. The van der Waals surface area contributed by atoms with E-state index in [1.54, 1.807) is 0 Å². The summed E-state index contributed by atoms with van der Waals surface area (Å²) in [4.78, 5) is 21.8. The molecule has 0 unspecified atom stereocenters. The van der Waals surface area contributed by atoms with Gasteiger partial charge in [0.25, 0.3) is 0 Å². The van der Waals surface area contributed by atoms with E-state index < -0.39 is 5.97 Å². The van der Waals surface area contributed by atoms with E-state index in [-0.39, 0.29) is 5.97 Å². The van der Waals surface area contributed by atoms with E-state index in [1.165, 1.54) is 250 Å². The summed E-state index contributed by atoms with van der Waals surface area (Å²) < 4.78 is 4.75. The Morgan fingerprint density at radius 1 is 0.308 bits per heavy atom. The number of unbranched alkanes of at least 4 members (excludes halogenated alkanes) is 41. The number of carboxylic acid groups (broad SMARTS) is 1. The first-order valence-electron chi connectivity index (χ1n) is 23.7. The lowest BCUT2D eigenvalue weighted by atomic mass is 10.0. The molecule has 0 heterocycles. The van der Waals surface area contributed by atoms with Crippen molar-refractivity contribution in [3.63, 3.8) is 0 Å². The minimum atomic E-state index is -0.650. The molecular formula is C48H92O4. The normalized spacial score (nSPS) is 11.3. The van der Waals surface area contributed by atoms with Gasteiger partial charge in [-0.05, 0) is 12.8 Å². The molecule has 52 heavy (non-hydrogen) atoms. The predicted molar refractivity (Wildman–Crippen MR) is 227 cm³/mol. The van der Waals surface area contributed by atoms with Gasteiger partial charge in [-0.15, -0.1) is 0 Å². The van der Waals surface area contributed by atoms with E-state index in [0.717, 1.165) is 25.7 Å². The van der Waals surface area contributed by atoms with Gasteiger partial charge in [0.15, 0.2) is 0 Å². The summed E-state index contributed by atoms with van der Waals surface area (Å²) in [7, 11) is 0.